The number of hydrogen-bond donors (Lipinski definition) is 5. The number of aliphatic hydroxyl groups is 1. The van der Waals surface area contributed by atoms with Crippen molar-refractivity contribution in [2.45, 2.75) is 65.1 Å². The van der Waals surface area contributed by atoms with Crippen LogP contribution in [0.4, 0.5) is 13.6 Å². The summed E-state index contributed by atoms with van der Waals surface area (Å²) in [4.78, 5) is 24.7. The summed E-state index contributed by atoms with van der Waals surface area (Å²) in [6.45, 7) is 9.50. The van der Waals surface area contributed by atoms with Crippen LogP contribution >= 0.6 is 0 Å². The first-order valence-corrected chi connectivity index (χ1v) is 12.4. The van der Waals surface area contributed by atoms with Crippen LogP contribution in [-0.2, 0) is 17.6 Å². The largest absolute Gasteiger partial charge is 0.465 e. The Morgan fingerprint density at radius 2 is 1.51 bits per heavy atom. The molecule has 5 N–H and O–H groups in total. The molecule has 0 spiro atoms. The Hall–Kier alpha value is -3.04. The average molecular weight is 520 g/mol. The third kappa shape index (κ3) is 8.79. The Kier molecular flexibility index (Phi) is 10.6. The fourth-order valence-electron chi connectivity index (χ4n) is 4.44. The minimum atomic E-state index is -1.37. The van der Waals surface area contributed by atoms with Crippen molar-refractivity contribution in [1.82, 2.24) is 16.0 Å². The second-order valence-corrected chi connectivity index (χ2v) is 10.9. The van der Waals surface area contributed by atoms with Crippen LogP contribution in [-0.4, -0.2) is 53.0 Å². The Morgan fingerprint density at radius 1 is 0.919 bits per heavy atom. The van der Waals surface area contributed by atoms with Gasteiger partial charge in [0.15, 0.2) is 0 Å². The van der Waals surface area contributed by atoms with Crippen LogP contribution in [0.15, 0.2) is 48.5 Å². The molecule has 0 aliphatic carbocycles. The zero-order valence-corrected chi connectivity index (χ0v) is 22.1. The Labute approximate surface area is 217 Å². The van der Waals surface area contributed by atoms with Crippen molar-refractivity contribution in [3.8, 4) is 0 Å². The molecule has 204 valence electrons. The molecule has 1 unspecified atom stereocenters. The van der Waals surface area contributed by atoms with Crippen molar-refractivity contribution in [2.75, 3.05) is 13.1 Å². The van der Waals surface area contributed by atoms with Crippen molar-refractivity contribution in [3.63, 3.8) is 0 Å². The third-order valence-corrected chi connectivity index (χ3v) is 6.47. The molecular weight excluding hydrogens is 480 g/mol. The van der Waals surface area contributed by atoms with E-state index < -0.39 is 40.8 Å². The molecule has 0 heterocycles. The van der Waals surface area contributed by atoms with Gasteiger partial charge in [-0.05, 0) is 47.4 Å². The summed E-state index contributed by atoms with van der Waals surface area (Å²) in [6.07, 6.45) is -2.48. The van der Waals surface area contributed by atoms with E-state index in [0.29, 0.717) is 6.54 Å². The SMILES string of the molecule is CC(C)CNC(=O)[C@H](Cc1ccccc1)NC(Cc1cc(F)cc(F)c1)([C@H](O)CNC(=O)O)C(C)(C)C. The predicted octanol–water partition coefficient (Wildman–Crippen LogP) is 3.89. The van der Waals surface area contributed by atoms with Crippen molar-refractivity contribution < 1.29 is 28.6 Å². The molecule has 0 aliphatic rings. The second-order valence-electron chi connectivity index (χ2n) is 10.9. The van der Waals surface area contributed by atoms with E-state index >= 15 is 0 Å². The van der Waals surface area contributed by atoms with Crippen LogP contribution < -0.4 is 16.0 Å². The number of amides is 2. The van der Waals surface area contributed by atoms with E-state index in [-0.39, 0.29) is 36.8 Å². The fraction of sp³-hybridized carbons (Fsp3) is 0.500. The minimum Gasteiger partial charge on any atom is -0.465 e. The number of carbonyl (C=O) groups is 2. The molecule has 0 radical (unpaired) electrons. The van der Waals surface area contributed by atoms with Crippen LogP contribution in [0.2, 0.25) is 0 Å². The molecule has 2 amide bonds. The van der Waals surface area contributed by atoms with Gasteiger partial charge in [-0.15, -0.1) is 0 Å². The van der Waals surface area contributed by atoms with Crippen LogP contribution in [0.25, 0.3) is 0 Å². The van der Waals surface area contributed by atoms with E-state index in [2.05, 4.69) is 16.0 Å². The summed E-state index contributed by atoms with van der Waals surface area (Å²) in [5.41, 5.74) is -1.04. The highest BCUT2D eigenvalue weighted by Gasteiger charge is 2.49. The van der Waals surface area contributed by atoms with E-state index in [1.54, 1.807) is 0 Å². The third-order valence-electron chi connectivity index (χ3n) is 6.47. The molecule has 2 rings (SSSR count). The predicted molar refractivity (Wildman–Crippen MR) is 139 cm³/mol. The normalized spacial score (nSPS) is 15.1. The summed E-state index contributed by atoms with van der Waals surface area (Å²) in [7, 11) is 0. The lowest BCUT2D eigenvalue weighted by molar-refractivity contribution is -0.125. The van der Waals surface area contributed by atoms with Gasteiger partial charge in [-0.1, -0.05) is 65.0 Å². The van der Waals surface area contributed by atoms with Gasteiger partial charge < -0.3 is 20.8 Å². The lowest BCUT2D eigenvalue weighted by Crippen LogP contribution is -2.70. The first-order valence-electron chi connectivity index (χ1n) is 12.4. The summed E-state index contributed by atoms with van der Waals surface area (Å²) in [6, 6.07) is 11.6. The Morgan fingerprint density at radius 3 is 2.03 bits per heavy atom. The highest BCUT2D eigenvalue weighted by molar-refractivity contribution is 5.82. The summed E-state index contributed by atoms with van der Waals surface area (Å²) in [5, 5.41) is 29.1. The summed E-state index contributed by atoms with van der Waals surface area (Å²) in [5.74, 6) is -1.64. The fourth-order valence-corrected chi connectivity index (χ4v) is 4.44. The van der Waals surface area contributed by atoms with Gasteiger partial charge in [-0.3, -0.25) is 10.1 Å². The lowest BCUT2D eigenvalue weighted by atomic mass is 9.66. The molecule has 0 bridgehead atoms. The molecule has 0 saturated heterocycles. The monoisotopic (exact) mass is 519 g/mol. The number of halogens is 2. The molecule has 37 heavy (non-hydrogen) atoms. The van der Waals surface area contributed by atoms with Gasteiger partial charge in [-0.25, -0.2) is 13.6 Å². The topological polar surface area (TPSA) is 111 Å². The van der Waals surface area contributed by atoms with Gasteiger partial charge in [0.1, 0.15) is 11.6 Å². The lowest BCUT2D eigenvalue weighted by Gasteiger charge is -2.50. The highest BCUT2D eigenvalue weighted by Crippen LogP contribution is 2.37. The van der Waals surface area contributed by atoms with E-state index in [9.17, 15) is 28.6 Å². The molecule has 0 aromatic heterocycles. The molecule has 2 aromatic rings. The van der Waals surface area contributed by atoms with Crippen LogP contribution in [0.5, 0.6) is 0 Å². The van der Waals surface area contributed by atoms with Crippen LogP contribution in [0.3, 0.4) is 0 Å². The standard InChI is InChI=1S/C28H39F2N3O4/c1-18(2)16-31-25(35)23(13-19-9-7-6-8-10-19)33-28(27(3,4)5,24(34)17-32-26(36)37)15-20-11-21(29)14-22(30)12-20/h6-12,14,18,23-24,32-34H,13,15-17H2,1-5H3,(H,31,35)(H,36,37)/t23-,24+,28?/m0/s1. The Bertz CT molecular complexity index is 1020. The summed E-state index contributed by atoms with van der Waals surface area (Å²) < 4.78 is 28.3. The van der Waals surface area contributed by atoms with Gasteiger partial charge in [-0.2, -0.15) is 0 Å². The molecular formula is C28H39F2N3O4. The second kappa shape index (κ2) is 13.0. The first kappa shape index (κ1) is 30.2. The number of rotatable bonds is 12. The van der Waals surface area contributed by atoms with Crippen molar-refractivity contribution in [3.05, 3.63) is 71.3 Å². The maximum Gasteiger partial charge on any atom is 0.404 e. The van der Waals surface area contributed by atoms with Gasteiger partial charge >= 0.3 is 6.09 Å². The van der Waals surface area contributed by atoms with Crippen molar-refractivity contribution >= 4 is 12.0 Å². The van der Waals surface area contributed by atoms with E-state index in [4.69, 9.17) is 0 Å². The molecule has 9 heteroatoms. The number of benzene rings is 2. The number of hydrogen-bond acceptors (Lipinski definition) is 4. The number of nitrogens with one attached hydrogen (secondary N) is 3. The number of carboxylic acid groups (broad SMARTS) is 1. The van der Waals surface area contributed by atoms with E-state index in [1.807, 2.05) is 65.0 Å². The highest BCUT2D eigenvalue weighted by atomic mass is 19.1. The zero-order chi connectivity index (χ0) is 27.8. The smallest absolute Gasteiger partial charge is 0.404 e. The van der Waals surface area contributed by atoms with Crippen molar-refractivity contribution in [2.24, 2.45) is 11.3 Å². The molecule has 0 saturated carbocycles. The van der Waals surface area contributed by atoms with Crippen molar-refractivity contribution in [1.29, 1.82) is 0 Å². The average Bonchev–Trinajstić information content (AvgIpc) is 2.79. The molecule has 2 aromatic carbocycles. The van der Waals surface area contributed by atoms with E-state index in [1.165, 1.54) is 12.1 Å². The Balaban J connectivity index is 2.59. The number of carbonyl (C=O) groups excluding carboxylic acids is 1. The maximum absolute atomic E-state index is 14.1. The quantitative estimate of drug-likeness (QED) is 0.292. The van der Waals surface area contributed by atoms with E-state index in [0.717, 1.165) is 11.6 Å². The van der Waals surface area contributed by atoms with Gasteiger partial charge in [0.25, 0.3) is 0 Å². The van der Waals surface area contributed by atoms with Crippen LogP contribution in [0.1, 0.15) is 45.7 Å². The number of aliphatic hydroxyl groups excluding tert-OH is 1. The molecule has 0 aliphatic heterocycles. The van der Waals surface area contributed by atoms with Crippen LogP contribution in [0, 0.1) is 23.0 Å². The first-order chi connectivity index (χ1) is 17.2. The molecule has 7 nitrogen and oxygen atoms in total. The molecule has 3 atom stereocenters. The zero-order valence-electron chi connectivity index (χ0n) is 22.1. The minimum absolute atomic E-state index is 0.0730. The summed E-state index contributed by atoms with van der Waals surface area (Å²) >= 11 is 0. The maximum atomic E-state index is 14.1. The van der Waals surface area contributed by atoms with Gasteiger partial charge in [0.05, 0.1) is 17.7 Å². The van der Waals surface area contributed by atoms with Gasteiger partial charge in [0, 0.05) is 19.2 Å². The molecule has 0 fully saturated rings. The van der Waals surface area contributed by atoms with Gasteiger partial charge in [0.2, 0.25) is 5.91 Å².